The van der Waals surface area contributed by atoms with Crippen molar-refractivity contribution in [3.63, 3.8) is 0 Å². The van der Waals surface area contributed by atoms with Crippen LogP contribution in [0.3, 0.4) is 0 Å². The summed E-state index contributed by atoms with van der Waals surface area (Å²) in [7, 11) is 0. The number of halogens is 3. The summed E-state index contributed by atoms with van der Waals surface area (Å²) in [5.41, 5.74) is 2.22. The average Bonchev–Trinajstić information content (AvgIpc) is 2.90. The molecule has 3 heterocycles. The van der Waals surface area contributed by atoms with Gasteiger partial charge in [-0.25, -0.2) is 15.0 Å². The first-order valence-electron chi connectivity index (χ1n) is 6.14. The molecule has 0 aromatic carbocycles. The number of aromatic nitrogens is 4. The molecule has 106 valence electrons. The summed E-state index contributed by atoms with van der Waals surface area (Å²) >= 11 is 0. The van der Waals surface area contributed by atoms with Gasteiger partial charge >= 0.3 is 6.18 Å². The van der Waals surface area contributed by atoms with E-state index in [1.807, 2.05) is 0 Å². The van der Waals surface area contributed by atoms with E-state index in [4.69, 9.17) is 0 Å². The lowest BCUT2D eigenvalue weighted by Gasteiger charge is -2.27. The number of aromatic amines is 1. The maximum atomic E-state index is 12.5. The molecule has 0 fully saturated rings. The average molecular weight is 283 g/mol. The lowest BCUT2D eigenvalue weighted by Crippen LogP contribution is -2.31. The zero-order chi connectivity index (χ0) is 14.2. The number of rotatable bonds is 2. The Morgan fingerprint density at radius 3 is 2.85 bits per heavy atom. The Balaban J connectivity index is 1.75. The minimum atomic E-state index is -4.48. The number of nitrogens with one attached hydrogen (secondary N) is 1. The van der Waals surface area contributed by atoms with E-state index in [2.05, 4.69) is 24.8 Å². The summed E-state index contributed by atoms with van der Waals surface area (Å²) in [6.07, 6.45) is 0.631. The van der Waals surface area contributed by atoms with Crippen LogP contribution in [0.2, 0.25) is 0 Å². The zero-order valence-electron chi connectivity index (χ0n) is 10.5. The number of alkyl halides is 3. The minimum Gasteiger partial charge on any atom is -0.347 e. The van der Waals surface area contributed by atoms with Crippen molar-refractivity contribution in [1.82, 2.24) is 24.8 Å². The van der Waals surface area contributed by atoms with E-state index in [0.29, 0.717) is 31.7 Å². The van der Waals surface area contributed by atoms with Crippen molar-refractivity contribution >= 4 is 0 Å². The van der Waals surface area contributed by atoms with E-state index < -0.39 is 12.0 Å². The highest BCUT2D eigenvalue weighted by Gasteiger charge is 2.35. The van der Waals surface area contributed by atoms with Gasteiger partial charge in [0, 0.05) is 49.7 Å². The maximum absolute atomic E-state index is 12.5. The third kappa shape index (κ3) is 2.64. The summed E-state index contributed by atoms with van der Waals surface area (Å²) in [6.45, 7) is 1.90. The Hall–Kier alpha value is -1.96. The summed E-state index contributed by atoms with van der Waals surface area (Å²) in [4.78, 5) is 16.1. The van der Waals surface area contributed by atoms with E-state index in [1.165, 1.54) is 6.20 Å². The van der Waals surface area contributed by atoms with Crippen molar-refractivity contribution < 1.29 is 13.2 Å². The molecule has 0 unspecified atom stereocenters. The molecule has 0 radical (unpaired) electrons. The third-order valence-corrected chi connectivity index (χ3v) is 3.22. The Labute approximate surface area is 112 Å². The van der Waals surface area contributed by atoms with Gasteiger partial charge in [0.1, 0.15) is 0 Å². The van der Waals surface area contributed by atoms with E-state index in [9.17, 15) is 13.2 Å². The molecule has 0 saturated heterocycles. The molecule has 1 aliphatic heterocycles. The van der Waals surface area contributed by atoms with Crippen molar-refractivity contribution in [2.24, 2.45) is 0 Å². The summed E-state index contributed by atoms with van der Waals surface area (Å²) in [5.74, 6) is -1.06. The molecule has 2 aromatic rings. The van der Waals surface area contributed by atoms with Gasteiger partial charge in [0.25, 0.3) is 0 Å². The molecule has 2 aromatic heterocycles. The fourth-order valence-corrected chi connectivity index (χ4v) is 2.26. The molecule has 0 amide bonds. The smallest absolute Gasteiger partial charge is 0.347 e. The van der Waals surface area contributed by atoms with Crippen LogP contribution in [0, 0.1) is 0 Å². The van der Waals surface area contributed by atoms with E-state index >= 15 is 0 Å². The number of nitrogens with zero attached hydrogens (tertiary/aromatic N) is 4. The Morgan fingerprint density at radius 1 is 1.30 bits per heavy atom. The predicted molar refractivity (Wildman–Crippen MR) is 63.4 cm³/mol. The van der Waals surface area contributed by atoms with Gasteiger partial charge in [-0.1, -0.05) is 0 Å². The predicted octanol–water partition coefficient (Wildman–Crippen LogP) is 1.78. The van der Waals surface area contributed by atoms with Crippen LogP contribution in [0.25, 0.3) is 0 Å². The molecular formula is C12H12F3N5. The van der Waals surface area contributed by atoms with Crippen molar-refractivity contribution in [1.29, 1.82) is 0 Å². The Morgan fingerprint density at radius 2 is 2.15 bits per heavy atom. The molecule has 0 saturated carbocycles. The monoisotopic (exact) mass is 283 g/mol. The van der Waals surface area contributed by atoms with Crippen LogP contribution in [-0.4, -0.2) is 31.4 Å². The standard InChI is InChI=1S/C12H12F3N5/c13-12(14,15)11-17-3-8-5-20(2-1-10(8)19-11)6-9-4-16-7-18-9/h3-4,7H,1-2,5-6H2,(H,16,18). The Kier molecular flexibility index (Phi) is 3.17. The largest absolute Gasteiger partial charge is 0.451 e. The van der Waals surface area contributed by atoms with Crippen molar-refractivity contribution in [3.05, 3.63) is 41.5 Å². The van der Waals surface area contributed by atoms with Crippen molar-refractivity contribution in [3.8, 4) is 0 Å². The van der Waals surface area contributed by atoms with Gasteiger partial charge in [-0.15, -0.1) is 0 Å². The molecule has 1 N–H and O–H groups in total. The first-order chi connectivity index (χ1) is 9.52. The number of hydrogen-bond acceptors (Lipinski definition) is 4. The van der Waals surface area contributed by atoms with E-state index in [1.54, 1.807) is 12.5 Å². The number of hydrogen-bond donors (Lipinski definition) is 1. The molecule has 1 aliphatic rings. The third-order valence-electron chi connectivity index (χ3n) is 3.22. The fraction of sp³-hybridized carbons (Fsp3) is 0.417. The second-order valence-corrected chi connectivity index (χ2v) is 4.70. The molecule has 0 atom stereocenters. The lowest BCUT2D eigenvalue weighted by molar-refractivity contribution is -0.145. The normalized spacial score (nSPS) is 16.1. The van der Waals surface area contributed by atoms with Crippen LogP contribution in [0.5, 0.6) is 0 Å². The second-order valence-electron chi connectivity index (χ2n) is 4.70. The molecular weight excluding hydrogens is 271 g/mol. The molecule has 0 bridgehead atoms. The number of fused-ring (bicyclic) bond motifs is 1. The zero-order valence-corrected chi connectivity index (χ0v) is 10.5. The molecule has 5 nitrogen and oxygen atoms in total. The van der Waals surface area contributed by atoms with Crippen LogP contribution < -0.4 is 0 Å². The van der Waals surface area contributed by atoms with Crippen molar-refractivity contribution in [2.75, 3.05) is 6.54 Å². The van der Waals surface area contributed by atoms with Crippen LogP contribution in [0.1, 0.15) is 22.8 Å². The first-order valence-corrected chi connectivity index (χ1v) is 6.14. The van der Waals surface area contributed by atoms with Crippen LogP contribution in [0.15, 0.2) is 18.7 Å². The molecule has 8 heteroatoms. The molecule has 0 spiro atoms. The molecule has 20 heavy (non-hydrogen) atoms. The van der Waals surface area contributed by atoms with Gasteiger partial charge < -0.3 is 4.98 Å². The highest BCUT2D eigenvalue weighted by atomic mass is 19.4. The molecule has 3 rings (SSSR count). The van der Waals surface area contributed by atoms with Gasteiger partial charge in [-0.3, -0.25) is 4.90 Å². The quantitative estimate of drug-likeness (QED) is 0.912. The van der Waals surface area contributed by atoms with Crippen LogP contribution in [-0.2, 0) is 25.7 Å². The maximum Gasteiger partial charge on any atom is 0.451 e. The van der Waals surface area contributed by atoms with Gasteiger partial charge in [0.05, 0.1) is 12.0 Å². The van der Waals surface area contributed by atoms with Crippen molar-refractivity contribution in [2.45, 2.75) is 25.7 Å². The fourth-order valence-electron chi connectivity index (χ4n) is 2.26. The van der Waals surface area contributed by atoms with E-state index in [0.717, 1.165) is 11.3 Å². The Bertz CT molecular complexity index is 594. The topological polar surface area (TPSA) is 57.7 Å². The number of H-pyrrole nitrogens is 1. The summed E-state index contributed by atoms with van der Waals surface area (Å²) in [5, 5.41) is 0. The van der Waals surface area contributed by atoms with Crippen LogP contribution in [0.4, 0.5) is 13.2 Å². The minimum absolute atomic E-state index is 0.494. The highest BCUT2D eigenvalue weighted by Crippen LogP contribution is 2.27. The lowest BCUT2D eigenvalue weighted by atomic mass is 10.1. The van der Waals surface area contributed by atoms with E-state index in [-0.39, 0.29) is 0 Å². The summed E-state index contributed by atoms with van der Waals surface area (Å²) in [6, 6.07) is 0. The summed E-state index contributed by atoms with van der Waals surface area (Å²) < 4.78 is 37.6. The second kappa shape index (κ2) is 4.86. The van der Waals surface area contributed by atoms with Gasteiger partial charge in [0.2, 0.25) is 5.82 Å². The number of imidazole rings is 1. The van der Waals surface area contributed by atoms with Gasteiger partial charge in [0.15, 0.2) is 0 Å². The first kappa shape index (κ1) is 13.0. The van der Waals surface area contributed by atoms with Gasteiger partial charge in [-0.2, -0.15) is 13.2 Å². The SMILES string of the molecule is FC(F)(F)c1ncc2c(n1)CCN(Cc1cnc[nH]1)C2. The molecule has 0 aliphatic carbocycles. The van der Waals surface area contributed by atoms with Crippen LogP contribution >= 0.6 is 0 Å². The van der Waals surface area contributed by atoms with Gasteiger partial charge in [-0.05, 0) is 0 Å². The highest BCUT2D eigenvalue weighted by molar-refractivity contribution is 5.21.